The van der Waals surface area contributed by atoms with Crippen molar-refractivity contribution in [2.24, 2.45) is 5.92 Å². The Morgan fingerprint density at radius 3 is 2.55 bits per heavy atom. The molecule has 2 unspecified atom stereocenters. The minimum absolute atomic E-state index is 0.0285. The van der Waals surface area contributed by atoms with Crippen LogP contribution in [0, 0.1) is 5.92 Å². The van der Waals surface area contributed by atoms with Gasteiger partial charge in [-0.1, -0.05) is 17.8 Å². The summed E-state index contributed by atoms with van der Waals surface area (Å²) in [5, 5.41) is 32.0. The van der Waals surface area contributed by atoms with Crippen LogP contribution in [0.1, 0.15) is 26.3 Å². The first-order valence-corrected chi connectivity index (χ1v) is 9.77. The molecule has 160 valence electrons. The van der Waals surface area contributed by atoms with Gasteiger partial charge >= 0.3 is 17.8 Å². The van der Waals surface area contributed by atoms with Gasteiger partial charge in [0.15, 0.2) is 0 Å². The lowest BCUT2D eigenvalue weighted by molar-refractivity contribution is -0.149. The van der Waals surface area contributed by atoms with E-state index in [1.54, 1.807) is 6.08 Å². The van der Waals surface area contributed by atoms with E-state index in [2.05, 4.69) is 10.6 Å². The fourth-order valence-electron chi connectivity index (χ4n) is 3.68. The van der Waals surface area contributed by atoms with Gasteiger partial charge < -0.3 is 25.4 Å². The van der Waals surface area contributed by atoms with Crippen molar-refractivity contribution in [2.75, 3.05) is 6.61 Å². The second-order valence-corrected chi connectivity index (χ2v) is 8.14. The van der Waals surface area contributed by atoms with Crippen molar-refractivity contribution in [1.82, 2.24) is 10.6 Å². The highest BCUT2D eigenvalue weighted by atomic mass is 32.2. The third-order valence-corrected chi connectivity index (χ3v) is 6.30. The standard InChI is InChI=1S/C19H14N2O9S/c22-9-2-1-6(11-13(9)15(24)20-14(11)23)3-7-4-8-10(5-30-7)31-17(12(8)18(26)27)21-16(25)19(28)29/h1-2,4,8,10,22H,3,5H2,(H,21,25)(H,26,27)(H,28,29)(H,20,23,24). The number of benzene rings is 1. The van der Waals surface area contributed by atoms with Crippen LogP contribution in [-0.2, 0) is 25.5 Å². The Morgan fingerprint density at radius 1 is 1.16 bits per heavy atom. The fraction of sp³-hybridized carbons (Fsp3) is 0.211. The molecule has 0 aliphatic carbocycles. The number of phenols is 1. The van der Waals surface area contributed by atoms with Gasteiger partial charge in [0.1, 0.15) is 12.4 Å². The van der Waals surface area contributed by atoms with Crippen LogP contribution >= 0.6 is 11.8 Å². The monoisotopic (exact) mass is 446 g/mol. The summed E-state index contributed by atoms with van der Waals surface area (Å²) in [6.07, 6.45) is 1.60. The lowest BCUT2D eigenvalue weighted by Crippen LogP contribution is -2.30. The number of carbonyl (C=O) groups excluding carboxylic acids is 3. The van der Waals surface area contributed by atoms with E-state index in [1.807, 2.05) is 0 Å². The minimum atomic E-state index is -1.74. The number of fused-ring (bicyclic) bond motifs is 2. The second kappa shape index (κ2) is 7.47. The third kappa shape index (κ3) is 3.50. The number of carboxylic acid groups (broad SMARTS) is 2. The van der Waals surface area contributed by atoms with Gasteiger partial charge in [0.2, 0.25) is 0 Å². The first-order valence-electron chi connectivity index (χ1n) is 8.89. The molecular formula is C19H14N2O9S. The zero-order chi connectivity index (χ0) is 22.4. The Balaban J connectivity index is 1.66. The van der Waals surface area contributed by atoms with Gasteiger partial charge in [-0.05, 0) is 17.7 Å². The van der Waals surface area contributed by atoms with Gasteiger partial charge in [0.05, 0.1) is 32.7 Å². The van der Waals surface area contributed by atoms with Gasteiger partial charge in [-0.25, -0.2) is 9.59 Å². The minimum Gasteiger partial charge on any atom is -0.507 e. The molecule has 3 heterocycles. The predicted octanol–water partition coefficient (Wildman–Crippen LogP) is -0.0390. The Labute approximate surface area is 177 Å². The highest BCUT2D eigenvalue weighted by Crippen LogP contribution is 2.45. The Kier molecular flexibility index (Phi) is 4.93. The Bertz CT molecular complexity index is 1140. The SMILES string of the molecule is O=C(O)C(=O)NC1=C(C(=O)O)C2C=C(Cc3ccc(O)c4c3C(=O)NC4=O)OCC2S1. The number of aliphatic carboxylic acids is 2. The number of carboxylic acids is 2. The van der Waals surface area contributed by atoms with Crippen LogP contribution in [0.25, 0.3) is 0 Å². The Morgan fingerprint density at radius 2 is 1.87 bits per heavy atom. The van der Waals surface area contributed by atoms with Crippen LogP contribution in [0.5, 0.6) is 5.75 Å². The molecule has 1 aromatic rings. The number of amides is 3. The largest absolute Gasteiger partial charge is 0.507 e. The van der Waals surface area contributed by atoms with Crippen LogP contribution in [0.4, 0.5) is 0 Å². The molecule has 3 aliphatic rings. The quantitative estimate of drug-likeness (QED) is 0.311. The predicted molar refractivity (Wildman–Crippen MR) is 103 cm³/mol. The summed E-state index contributed by atoms with van der Waals surface area (Å²) in [5.41, 5.74) is 0.153. The average Bonchev–Trinajstić information content (AvgIpc) is 3.20. The number of allylic oxidation sites excluding steroid dienone is 2. The van der Waals surface area contributed by atoms with E-state index >= 15 is 0 Å². The summed E-state index contributed by atoms with van der Waals surface area (Å²) in [4.78, 5) is 58.1. The van der Waals surface area contributed by atoms with Crippen molar-refractivity contribution in [3.63, 3.8) is 0 Å². The van der Waals surface area contributed by atoms with Crippen molar-refractivity contribution in [3.8, 4) is 5.75 Å². The first kappa shape index (κ1) is 20.5. The van der Waals surface area contributed by atoms with Crippen LogP contribution in [0.3, 0.4) is 0 Å². The van der Waals surface area contributed by atoms with Gasteiger partial charge in [0.25, 0.3) is 11.8 Å². The smallest absolute Gasteiger partial charge is 0.394 e. The lowest BCUT2D eigenvalue weighted by Gasteiger charge is -2.25. The average molecular weight is 446 g/mol. The zero-order valence-electron chi connectivity index (χ0n) is 15.5. The van der Waals surface area contributed by atoms with E-state index in [0.717, 1.165) is 11.8 Å². The Hall–Kier alpha value is -3.80. The highest BCUT2D eigenvalue weighted by molar-refractivity contribution is 8.04. The molecule has 0 spiro atoms. The maximum Gasteiger partial charge on any atom is 0.394 e. The van der Waals surface area contributed by atoms with Crippen molar-refractivity contribution in [1.29, 1.82) is 0 Å². The van der Waals surface area contributed by atoms with Crippen molar-refractivity contribution < 1.29 is 44.0 Å². The molecule has 1 aromatic carbocycles. The molecule has 3 aliphatic heterocycles. The molecule has 4 rings (SSSR count). The molecule has 5 N–H and O–H groups in total. The number of nitrogens with one attached hydrogen (secondary N) is 2. The number of thioether (sulfide) groups is 1. The maximum atomic E-state index is 12.1. The number of rotatable bonds is 4. The topological polar surface area (TPSA) is 179 Å². The molecule has 12 heteroatoms. The maximum absolute atomic E-state index is 12.1. The molecule has 0 saturated heterocycles. The van der Waals surface area contributed by atoms with Crippen LogP contribution in [0.2, 0.25) is 0 Å². The first-order chi connectivity index (χ1) is 14.7. The van der Waals surface area contributed by atoms with Gasteiger partial charge in [-0.3, -0.25) is 19.7 Å². The summed E-state index contributed by atoms with van der Waals surface area (Å²) < 4.78 is 5.69. The van der Waals surface area contributed by atoms with Crippen molar-refractivity contribution in [2.45, 2.75) is 11.7 Å². The molecule has 0 aromatic heterocycles. The molecule has 11 nitrogen and oxygen atoms in total. The fourth-order valence-corrected chi connectivity index (χ4v) is 4.98. The summed E-state index contributed by atoms with van der Waals surface area (Å²) in [7, 11) is 0. The number of phenolic OH excluding ortho intramolecular Hbond substituents is 1. The van der Waals surface area contributed by atoms with Crippen molar-refractivity contribution >= 4 is 41.4 Å². The number of ether oxygens (including phenoxy) is 1. The highest BCUT2D eigenvalue weighted by Gasteiger charge is 2.42. The van der Waals surface area contributed by atoms with Crippen LogP contribution in [0.15, 0.2) is 34.6 Å². The van der Waals surface area contributed by atoms with Gasteiger partial charge in [-0.15, -0.1) is 0 Å². The second-order valence-electron chi connectivity index (χ2n) is 6.89. The number of imide groups is 1. The summed E-state index contributed by atoms with van der Waals surface area (Å²) in [6, 6.07) is 2.75. The molecular weight excluding hydrogens is 432 g/mol. The van der Waals surface area contributed by atoms with Crippen molar-refractivity contribution in [3.05, 3.63) is 51.3 Å². The van der Waals surface area contributed by atoms with E-state index in [0.29, 0.717) is 11.3 Å². The van der Waals surface area contributed by atoms with Crippen LogP contribution < -0.4 is 10.6 Å². The number of carbonyl (C=O) groups is 5. The molecule has 0 saturated carbocycles. The molecule has 0 radical (unpaired) electrons. The van der Waals surface area contributed by atoms with E-state index < -0.39 is 40.8 Å². The van der Waals surface area contributed by atoms with Gasteiger partial charge in [0, 0.05) is 12.3 Å². The number of aromatic hydroxyl groups is 1. The van der Waals surface area contributed by atoms with E-state index in [9.17, 15) is 34.2 Å². The summed E-state index contributed by atoms with van der Waals surface area (Å²) in [6.45, 7) is 0.0792. The molecule has 3 amide bonds. The third-order valence-electron chi connectivity index (χ3n) is 5.01. The molecule has 0 fully saturated rings. The van der Waals surface area contributed by atoms with Gasteiger partial charge in [-0.2, -0.15) is 0 Å². The number of hydrogen-bond donors (Lipinski definition) is 5. The normalized spacial score (nSPS) is 21.6. The summed E-state index contributed by atoms with van der Waals surface area (Å²) in [5.74, 6) is -6.42. The molecule has 2 atom stereocenters. The number of hydrogen-bond acceptors (Lipinski definition) is 8. The molecule has 0 bridgehead atoms. The summed E-state index contributed by atoms with van der Waals surface area (Å²) >= 11 is 1.000. The van der Waals surface area contributed by atoms with E-state index in [1.165, 1.54) is 12.1 Å². The molecule has 31 heavy (non-hydrogen) atoms. The van der Waals surface area contributed by atoms with E-state index in [-0.39, 0.29) is 40.5 Å². The lowest BCUT2D eigenvalue weighted by atomic mass is 9.91. The van der Waals surface area contributed by atoms with E-state index in [4.69, 9.17) is 9.84 Å². The van der Waals surface area contributed by atoms with Crippen LogP contribution in [-0.4, -0.2) is 56.8 Å². The zero-order valence-corrected chi connectivity index (χ0v) is 16.3.